The van der Waals surface area contributed by atoms with Gasteiger partial charge in [-0.2, -0.15) is 0 Å². The third kappa shape index (κ3) is 7.18. The molecule has 1 amide bonds. The lowest BCUT2D eigenvalue weighted by atomic mass is 10.1. The summed E-state index contributed by atoms with van der Waals surface area (Å²) in [6.45, 7) is 2.07. The Hall–Kier alpha value is -3.13. The number of para-hydroxylation sites is 1. The van der Waals surface area contributed by atoms with Crippen molar-refractivity contribution < 1.29 is 19.1 Å². The van der Waals surface area contributed by atoms with Crippen LogP contribution in [0.5, 0.6) is 5.75 Å². The molecule has 3 rings (SSSR count). The number of hydrogen-bond donors (Lipinski definition) is 1. The van der Waals surface area contributed by atoms with Crippen molar-refractivity contribution in [2.24, 2.45) is 0 Å². The largest absolute Gasteiger partial charge is 0.484 e. The van der Waals surface area contributed by atoms with Gasteiger partial charge in [-0.25, -0.2) is 4.79 Å². The van der Waals surface area contributed by atoms with Gasteiger partial charge in [-0.05, 0) is 73.2 Å². The van der Waals surface area contributed by atoms with E-state index >= 15 is 0 Å². The Kier molecular flexibility index (Phi) is 9.27. The summed E-state index contributed by atoms with van der Waals surface area (Å²) in [6.07, 6.45) is 0. The molecule has 0 bridgehead atoms. The fourth-order valence-corrected chi connectivity index (χ4v) is 3.73. The van der Waals surface area contributed by atoms with E-state index in [2.05, 4.69) is 5.32 Å². The molecule has 6 nitrogen and oxygen atoms in total. The van der Waals surface area contributed by atoms with Crippen molar-refractivity contribution in [2.75, 3.05) is 18.1 Å². The first-order chi connectivity index (χ1) is 16.4. The molecule has 0 heterocycles. The molecule has 176 valence electrons. The van der Waals surface area contributed by atoms with Crippen LogP contribution in [0.1, 0.15) is 22.8 Å². The molecule has 3 aromatic rings. The molecule has 0 radical (unpaired) electrons. The minimum absolute atomic E-state index is 0.150. The van der Waals surface area contributed by atoms with Gasteiger partial charge in [0.05, 0.1) is 18.7 Å². The molecular formula is C25H22Cl2N2O4S. The molecular weight excluding hydrogens is 495 g/mol. The fourth-order valence-electron chi connectivity index (χ4n) is 2.98. The van der Waals surface area contributed by atoms with Crippen LogP contribution in [-0.4, -0.2) is 30.2 Å². The molecule has 0 unspecified atom stereocenters. The maximum atomic E-state index is 12.5. The summed E-state index contributed by atoms with van der Waals surface area (Å²) in [5, 5.41) is 3.81. The first kappa shape index (κ1) is 25.5. The van der Waals surface area contributed by atoms with Crippen molar-refractivity contribution in [1.29, 1.82) is 0 Å². The predicted octanol–water partition coefficient (Wildman–Crippen LogP) is 5.66. The van der Waals surface area contributed by atoms with Crippen molar-refractivity contribution in [3.63, 3.8) is 0 Å². The number of halogens is 2. The number of hydrogen-bond acceptors (Lipinski definition) is 5. The predicted molar refractivity (Wildman–Crippen MR) is 138 cm³/mol. The lowest BCUT2D eigenvalue weighted by Crippen LogP contribution is -2.44. The molecule has 0 spiro atoms. The van der Waals surface area contributed by atoms with Crippen LogP contribution in [-0.2, 0) is 16.1 Å². The Bertz CT molecular complexity index is 1160. The minimum atomic E-state index is -0.421. The number of ether oxygens (including phenoxy) is 2. The molecule has 34 heavy (non-hydrogen) atoms. The second kappa shape index (κ2) is 12.4. The lowest BCUT2D eigenvalue weighted by molar-refractivity contribution is -0.121. The van der Waals surface area contributed by atoms with E-state index < -0.39 is 11.9 Å². The van der Waals surface area contributed by atoms with Crippen molar-refractivity contribution in [2.45, 2.75) is 13.5 Å². The maximum absolute atomic E-state index is 12.5. The number of amides is 1. The summed E-state index contributed by atoms with van der Waals surface area (Å²) in [5.74, 6) is -0.262. The van der Waals surface area contributed by atoms with Crippen LogP contribution in [0.25, 0.3) is 0 Å². The molecule has 0 aliphatic rings. The first-order valence-corrected chi connectivity index (χ1v) is 11.5. The smallest absolute Gasteiger partial charge is 0.338 e. The number of nitrogens with zero attached hydrogens (tertiary/aromatic N) is 1. The number of anilines is 1. The van der Waals surface area contributed by atoms with Crippen LogP contribution in [0, 0.1) is 0 Å². The van der Waals surface area contributed by atoms with Crippen molar-refractivity contribution in [3.8, 4) is 5.75 Å². The monoisotopic (exact) mass is 516 g/mol. The third-order valence-corrected chi connectivity index (χ3v) is 5.55. The molecule has 0 atom stereocenters. The second-order valence-electron chi connectivity index (χ2n) is 7.04. The van der Waals surface area contributed by atoms with Crippen molar-refractivity contribution >= 4 is 58.1 Å². The normalized spacial score (nSPS) is 10.3. The van der Waals surface area contributed by atoms with Gasteiger partial charge >= 0.3 is 5.97 Å². The van der Waals surface area contributed by atoms with E-state index in [1.807, 2.05) is 18.2 Å². The highest BCUT2D eigenvalue weighted by Gasteiger charge is 2.18. The average molecular weight is 517 g/mol. The molecule has 0 aromatic heterocycles. The Morgan fingerprint density at radius 1 is 1.00 bits per heavy atom. The van der Waals surface area contributed by atoms with Gasteiger partial charge in [0.15, 0.2) is 11.7 Å². The molecule has 0 aliphatic carbocycles. The second-order valence-corrected chi connectivity index (χ2v) is 8.27. The number of esters is 1. The standard InChI is InChI=1S/C25H22Cl2N2O4S/c1-2-32-24(31)17-9-12-20(13-10-17)29(15-18-8-11-19(26)14-22(18)27)25(34)28-23(30)16-33-21-6-4-3-5-7-21/h3-14H,2,15-16H2,1H3,(H,28,30,34). The Labute approximate surface area is 213 Å². The lowest BCUT2D eigenvalue weighted by Gasteiger charge is -2.26. The van der Waals surface area contributed by atoms with Crippen LogP contribution in [0.4, 0.5) is 5.69 Å². The van der Waals surface area contributed by atoms with Gasteiger partial charge < -0.3 is 14.4 Å². The molecule has 9 heteroatoms. The van der Waals surface area contributed by atoms with Crippen LogP contribution in [0.2, 0.25) is 10.0 Å². The Morgan fingerprint density at radius 3 is 2.35 bits per heavy atom. The highest BCUT2D eigenvalue weighted by molar-refractivity contribution is 7.80. The SMILES string of the molecule is CCOC(=O)c1ccc(N(Cc2ccc(Cl)cc2Cl)C(=S)NC(=O)COc2ccccc2)cc1. The third-order valence-electron chi connectivity index (χ3n) is 4.64. The molecule has 0 aliphatic heterocycles. The molecule has 3 aromatic carbocycles. The summed E-state index contributed by atoms with van der Waals surface area (Å²) in [4.78, 5) is 26.2. The van der Waals surface area contributed by atoms with Crippen molar-refractivity contribution in [3.05, 3.63) is 94.0 Å². The zero-order chi connectivity index (χ0) is 24.5. The fraction of sp³-hybridized carbons (Fsp3) is 0.160. The topological polar surface area (TPSA) is 67.9 Å². The van der Waals surface area contributed by atoms with Gasteiger partial charge in [-0.1, -0.05) is 47.5 Å². The van der Waals surface area contributed by atoms with Gasteiger partial charge in [0.1, 0.15) is 5.75 Å². The highest BCUT2D eigenvalue weighted by Crippen LogP contribution is 2.25. The minimum Gasteiger partial charge on any atom is -0.484 e. The van der Waals surface area contributed by atoms with E-state index in [1.54, 1.807) is 66.4 Å². The number of benzene rings is 3. The molecule has 0 fully saturated rings. The number of nitrogens with one attached hydrogen (secondary N) is 1. The molecule has 1 N–H and O–H groups in total. The van der Waals surface area contributed by atoms with Crippen LogP contribution in [0.15, 0.2) is 72.8 Å². The summed E-state index contributed by atoms with van der Waals surface area (Å²) in [6, 6.07) is 20.8. The summed E-state index contributed by atoms with van der Waals surface area (Å²) in [5.41, 5.74) is 1.80. The first-order valence-electron chi connectivity index (χ1n) is 10.4. The van der Waals surface area contributed by atoms with Crippen LogP contribution in [0.3, 0.4) is 0 Å². The zero-order valence-electron chi connectivity index (χ0n) is 18.3. The number of carbonyl (C=O) groups excluding carboxylic acids is 2. The van der Waals surface area contributed by atoms with E-state index in [4.69, 9.17) is 44.9 Å². The Morgan fingerprint density at radius 2 is 1.71 bits per heavy atom. The van der Waals surface area contributed by atoms with Gasteiger partial charge in [-0.3, -0.25) is 10.1 Å². The number of carbonyl (C=O) groups is 2. The van der Waals surface area contributed by atoms with Crippen molar-refractivity contribution in [1.82, 2.24) is 5.32 Å². The van der Waals surface area contributed by atoms with Crippen LogP contribution >= 0.6 is 35.4 Å². The Balaban J connectivity index is 1.78. The van der Waals surface area contributed by atoms with E-state index in [0.29, 0.717) is 27.0 Å². The van der Waals surface area contributed by atoms with E-state index in [1.165, 1.54) is 0 Å². The quantitative estimate of drug-likeness (QED) is 0.308. The van der Waals surface area contributed by atoms with E-state index in [9.17, 15) is 9.59 Å². The average Bonchev–Trinajstić information content (AvgIpc) is 2.83. The van der Waals surface area contributed by atoms with Gasteiger partial charge in [0.2, 0.25) is 0 Å². The number of rotatable bonds is 8. The van der Waals surface area contributed by atoms with Gasteiger partial charge in [0, 0.05) is 15.7 Å². The highest BCUT2D eigenvalue weighted by atomic mass is 35.5. The number of thiocarbonyl (C=S) groups is 1. The van der Waals surface area contributed by atoms with Gasteiger partial charge in [-0.15, -0.1) is 0 Å². The van der Waals surface area contributed by atoms with E-state index in [0.717, 1.165) is 5.56 Å². The van der Waals surface area contributed by atoms with E-state index in [-0.39, 0.29) is 24.9 Å². The summed E-state index contributed by atoms with van der Waals surface area (Å²) >= 11 is 17.9. The van der Waals surface area contributed by atoms with Gasteiger partial charge in [0.25, 0.3) is 5.91 Å². The zero-order valence-corrected chi connectivity index (χ0v) is 20.6. The summed E-state index contributed by atoms with van der Waals surface area (Å²) in [7, 11) is 0. The molecule has 0 saturated heterocycles. The summed E-state index contributed by atoms with van der Waals surface area (Å²) < 4.78 is 10.5. The molecule has 0 saturated carbocycles. The maximum Gasteiger partial charge on any atom is 0.338 e. The van der Waals surface area contributed by atoms with Crippen LogP contribution < -0.4 is 15.0 Å².